The lowest BCUT2D eigenvalue weighted by molar-refractivity contribution is 1.49. The van der Waals surface area contributed by atoms with Gasteiger partial charge in [-0.3, -0.25) is 0 Å². The number of rotatable bonds is 0. The summed E-state index contributed by atoms with van der Waals surface area (Å²) >= 11 is 0. The molecule has 0 saturated heterocycles. The first-order valence-corrected chi connectivity index (χ1v) is 6.75. The smallest absolute Gasteiger partial charge is 0.0998 e. The van der Waals surface area contributed by atoms with Crippen LogP contribution in [0.15, 0.2) is 42.5 Å². The van der Waals surface area contributed by atoms with Crippen LogP contribution in [-0.2, 0) is 0 Å². The normalized spacial score (nSPS) is 11.0. The second-order valence-electron chi connectivity index (χ2n) is 5.39. The lowest BCUT2D eigenvalue weighted by Crippen LogP contribution is -1.91. The second kappa shape index (κ2) is 3.95. The van der Waals surface area contributed by atoms with Crippen molar-refractivity contribution in [3.63, 3.8) is 0 Å². The first kappa shape index (κ1) is 11.7. The van der Waals surface area contributed by atoms with E-state index in [9.17, 15) is 10.5 Å². The second-order valence-corrected chi connectivity index (χ2v) is 5.39. The molecule has 96 valence electrons. The Morgan fingerprint density at radius 2 is 1.43 bits per heavy atom. The number of nitrogens with zero attached hydrogens (tertiary/aromatic N) is 2. The van der Waals surface area contributed by atoms with E-state index in [-0.39, 0.29) is 0 Å². The van der Waals surface area contributed by atoms with Gasteiger partial charge in [0.15, 0.2) is 0 Å². The minimum absolute atomic E-state index is 0.685. The van der Waals surface area contributed by atoms with Crippen molar-refractivity contribution >= 4 is 32.3 Å². The summed E-state index contributed by atoms with van der Waals surface area (Å²) in [7, 11) is 0. The minimum Gasteiger partial charge on any atom is -0.192 e. The van der Waals surface area contributed by atoms with Crippen molar-refractivity contribution < 1.29 is 0 Å². The average molecular weight is 266 g/mol. The third-order valence-corrected chi connectivity index (χ3v) is 4.08. The number of benzene rings is 4. The van der Waals surface area contributed by atoms with Crippen LogP contribution in [0.3, 0.4) is 0 Å². The van der Waals surface area contributed by atoms with E-state index in [2.05, 4.69) is 24.3 Å². The zero-order valence-electron chi connectivity index (χ0n) is 11.4. The molecular formula is C19H10N2. The molecular weight excluding hydrogens is 256 g/mol. The van der Waals surface area contributed by atoms with Gasteiger partial charge in [0, 0.05) is 10.8 Å². The lowest BCUT2D eigenvalue weighted by atomic mass is 9.88. The first-order chi connectivity index (χ1) is 10.2. The largest absolute Gasteiger partial charge is 0.192 e. The molecule has 0 atom stereocenters. The highest BCUT2D eigenvalue weighted by Crippen LogP contribution is 2.38. The van der Waals surface area contributed by atoms with Gasteiger partial charge in [0.1, 0.15) is 0 Å². The summed E-state index contributed by atoms with van der Waals surface area (Å²) < 4.78 is 0. The number of hydrogen-bond acceptors (Lipinski definition) is 2. The molecule has 0 aliphatic rings. The molecule has 0 bridgehead atoms. The monoisotopic (exact) mass is 266 g/mol. The highest BCUT2D eigenvalue weighted by atomic mass is 14.3. The summed E-state index contributed by atoms with van der Waals surface area (Å²) in [6, 6.07) is 18.5. The molecule has 0 unspecified atom stereocenters. The van der Waals surface area contributed by atoms with Crippen LogP contribution in [0.5, 0.6) is 0 Å². The molecule has 4 aromatic rings. The standard InChI is InChI=1S/C19H10N2/c1-11-5-13-8-14(9-20)16-4-2-3-12-7-15(10-21)17(6-11)19(13)18(12)16/h2-8H,1H3. The Balaban J connectivity index is 2.46. The Bertz CT molecular complexity index is 1110. The summed E-state index contributed by atoms with van der Waals surface area (Å²) in [5.74, 6) is 0. The van der Waals surface area contributed by atoms with Crippen LogP contribution in [0.4, 0.5) is 0 Å². The van der Waals surface area contributed by atoms with E-state index in [1.165, 1.54) is 0 Å². The summed E-state index contributed by atoms with van der Waals surface area (Å²) in [6.45, 7) is 2.02. The van der Waals surface area contributed by atoms with Crippen molar-refractivity contribution in [1.29, 1.82) is 10.5 Å². The molecule has 0 radical (unpaired) electrons. The Hall–Kier alpha value is -3.10. The van der Waals surface area contributed by atoms with Gasteiger partial charge in [0.05, 0.1) is 23.3 Å². The predicted octanol–water partition coefficient (Wildman–Crippen LogP) is 4.64. The van der Waals surface area contributed by atoms with Crippen LogP contribution in [0.1, 0.15) is 16.7 Å². The summed E-state index contributed by atoms with van der Waals surface area (Å²) in [4.78, 5) is 0. The molecule has 2 nitrogen and oxygen atoms in total. The van der Waals surface area contributed by atoms with E-state index >= 15 is 0 Å². The number of hydrogen-bond donors (Lipinski definition) is 0. The van der Waals surface area contributed by atoms with Crippen LogP contribution in [0, 0.1) is 29.6 Å². The minimum atomic E-state index is 0.685. The molecule has 0 aliphatic heterocycles. The topological polar surface area (TPSA) is 47.6 Å². The van der Waals surface area contributed by atoms with E-state index < -0.39 is 0 Å². The Morgan fingerprint density at radius 3 is 2.19 bits per heavy atom. The summed E-state index contributed by atoms with van der Waals surface area (Å²) in [6.07, 6.45) is 0. The molecule has 4 rings (SSSR count). The van der Waals surface area contributed by atoms with E-state index in [4.69, 9.17) is 0 Å². The maximum Gasteiger partial charge on any atom is 0.0998 e. The zero-order valence-corrected chi connectivity index (χ0v) is 11.4. The molecule has 0 aliphatic carbocycles. The van der Waals surface area contributed by atoms with Crippen LogP contribution in [0.2, 0.25) is 0 Å². The maximum absolute atomic E-state index is 9.44. The van der Waals surface area contributed by atoms with E-state index in [1.807, 2.05) is 37.3 Å². The van der Waals surface area contributed by atoms with Crippen molar-refractivity contribution in [2.45, 2.75) is 6.92 Å². The highest BCUT2D eigenvalue weighted by Gasteiger charge is 2.14. The fourth-order valence-electron chi connectivity index (χ4n) is 3.27. The maximum atomic E-state index is 9.44. The molecule has 0 fully saturated rings. The van der Waals surface area contributed by atoms with Crippen LogP contribution >= 0.6 is 0 Å². The SMILES string of the molecule is Cc1cc2cc(C#N)c3cccc4cc(C#N)c(c1)c2c43. The van der Waals surface area contributed by atoms with Gasteiger partial charge in [0.25, 0.3) is 0 Å². The quantitative estimate of drug-likeness (QED) is 0.435. The molecule has 0 heterocycles. The Labute approximate surface area is 121 Å². The zero-order chi connectivity index (χ0) is 14.6. The predicted molar refractivity (Wildman–Crippen MR) is 84.3 cm³/mol. The van der Waals surface area contributed by atoms with Crippen LogP contribution in [0.25, 0.3) is 32.3 Å². The highest BCUT2D eigenvalue weighted by molar-refractivity contribution is 6.25. The van der Waals surface area contributed by atoms with Crippen molar-refractivity contribution in [2.24, 2.45) is 0 Å². The van der Waals surface area contributed by atoms with Crippen molar-refractivity contribution in [2.75, 3.05) is 0 Å². The fourth-order valence-corrected chi connectivity index (χ4v) is 3.27. The first-order valence-electron chi connectivity index (χ1n) is 6.75. The van der Waals surface area contributed by atoms with Crippen molar-refractivity contribution in [1.82, 2.24) is 0 Å². The lowest BCUT2D eigenvalue weighted by Gasteiger charge is -2.13. The van der Waals surface area contributed by atoms with Gasteiger partial charge in [-0.15, -0.1) is 0 Å². The molecule has 0 spiro atoms. The van der Waals surface area contributed by atoms with Crippen molar-refractivity contribution in [3.8, 4) is 12.1 Å². The number of nitriles is 2. The summed E-state index contributed by atoms with van der Waals surface area (Å²) in [5.41, 5.74) is 2.47. The molecule has 0 amide bonds. The van der Waals surface area contributed by atoms with Crippen LogP contribution in [-0.4, -0.2) is 0 Å². The molecule has 21 heavy (non-hydrogen) atoms. The summed E-state index contributed by atoms with van der Waals surface area (Å²) in [5, 5.41) is 25.0. The van der Waals surface area contributed by atoms with Gasteiger partial charge < -0.3 is 0 Å². The molecule has 2 heteroatoms. The fraction of sp³-hybridized carbons (Fsp3) is 0.0526. The Kier molecular flexibility index (Phi) is 2.20. The van der Waals surface area contributed by atoms with Gasteiger partial charge in [0.2, 0.25) is 0 Å². The third-order valence-electron chi connectivity index (χ3n) is 4.08. The number of aryl methyl sites for hydroxylation is 1. The van der Waals surface area contributed by atoms with E-state index in [0.717, 1.165) is 37.9 Å². The molecule has 0 saturated carbocycles. The van der Waals surface area contributed by atoms with Gasteiger partial charge in [-0.2, -0.15) is 10.5 Å². The van der Waals surface area contributed by atoms with E-state index in [0.29, 0.717) is 11.1 Å². The van der Waals surface area contributed by atoms with Gasteiger partial charge in [-0.05, 0) is 46.2 Å². The third kappa shape index (κ3) is 1.45. The Morgan fingerprint density at radius 1 is 0.762 bits per heavy atom. The molecule has 0 aromatic heterocycles. The van der Waals surface area contributed by atoms with E-state index in [1.54, 1.807) is 0 Å². The van der Waals surface area contributed by atoms with Gasteiger partial charge >= 0.3 is 0 Å². The molecule has 0 N–H and O–H groups in total. The van der Waals surface area contributed by atoms with Gasteiger partial charge in [-0.25, -0.2) is 0 Å². The average Bonchev–Trinajstić information content (AvgIpc) is 2.51. The molecule has 4 aromatic carbocycles. The van der Waals surface area contributed by atoms with Crippen LogP contribution < -0.4 is 0 Å². The van der Waals surface area contributed by atoms with Crippen molar-refractivity contribution in [3.05, 3.63) is 59.2 Å². The van der Waals surface area contributed by atoms with Gasteiger partial charge in [-0.1, -0.05) is 30.3 Å².